The molecule has 1 amide bonds. The average molecular weight is 255 g/mol. The van der Waals surface area contributed by atoms with Crippen LogP contribution in [-0.2, 0) is 9.53 Å². The number of carboxylic acid groups (broad SMARTS) is 1. The predicted molar refractivity (Wildman–Crippen MR) is 65.3 cm³/mol. The molecule has 1 saturated carbocycles. The van der Waals surface area contributed by atoms with Gasteiger partial charge in [0.25, 0.3) is 0 Å². The van der Waals surface area contributed by atoms with Crippen molar-refractivity contribution in [1.82, 2.24) is 4.90 Å². The van der Waals surface area contributed by atoms with Crippen molar-refractivity contribution in [3.63, 3.8) is 0 Å². The highest BCUT2D eigenvalue weighted by molar-refractivity contribution is 5.85. The van der Waals surface area contributed by atoms with Gasteiger partial charge in [0.1, 0.15) is 11.1 Å². The van der Waals surface area contributed by atoms with Crippen LogP contribution in [-0.4, -0.2) is 39.8 Å². The van der Waals surface area contributed by atoms with Crippen LogP contribution in [0.1, 0.15) is 46.5 Å². The fourth-order valence-corrected chi connectivity index (χ4v) is 3.07. The molecule has 18 heavy (non-hydrogen) atoms. The lowest BCUT2D eigenvalue weighted by Gasteiger charge is -2.36. The molecule has 5 heteroatoms. The second-order valence-corrected chi connectivity index (χ2v) is 6.39. The van der Waals surface area contributed by atoms with E-state index in [1.54, 1.807) is 20.8 Å². The van der Waals surface area contributed by atoms with Gasteiger partial charge >= 0.3 is 12.1 Å². The predicted octanol–water partition coefficient (Wildman–Crippen LogP) is 2.25. The molecule has 2 unspecified atom stereocenters. The van der Waals surface area contributed by atoms with Crippen LogP contribution in [0.5, 0.6) is 0 Å². The molecule has 2 fully saturated rings. The number of hydrogen-bond acceptors (Lipinski definition) is 3. The van der Waals surface area contributed by atoms with E-state index in [1.807, 2.05) is 0 Å². The monoisotopic (exact) mass is 255 g/mol. The molecule has 0 radical (unpaired) electrons. The number of nitrogens with zero attached hydrogens (tertiary/aromatic N) is 1. The van der Waals surface area contributed by atoms with Crippen LogP contribution >= 0.6 is 0 Å². The molecule has 2 rings (SSSR count). The number of hydrogen-bond donors (Lipinski definition) is 1. The zero-order valence-corrected chi connectivity index (χ0v) is 11.2. The van der Waals surface area contributed by atoms with Crippen LogP contribution < -0.4 is 0 Å². The maximum Gasteiger partial charge on any atom is 0.411 e. The lowest BCUT2D eigenvalue weighted by atomic mass is 9.80. The van der Waals surface area contributed by atoms with E-state index in [9.17, 15) is 14.7 Å². The van der Waals surface area contributed by atoms with Crippen molar-refractivity contribution >= 4 is 12.1 Å². The SMILES string of the molecule is CC(C)(C)OC(=O)N1CC2CCCC1(C(=O)O)C2. The van der Waals surface area contributed by atoms with E-state index in [4.69, 9.17) is 4.74 Å². The first kappa shape index (κ1) is 13.2. The van der Waals surface area contributed by atoms with Crippen molar-refractivity contribution in [1.29, 1.82) is 0 Å². The van der Waals surface area contributed by atoms with Gasteiger partial charge in [-0.1, -0.05) is 6.42 Å². The van der Waals surface area contributed by atoms with Crippen molar-refractivity contribution < 1.29 is 19.4 Å². The second-order valence-electron chi connectivity index (χ2n) is 6.39. The summed E-state index contributed by atoms with van der Waals surface area (Å²) < 4.78 is 5.33. The third-order valence-electron chi connectivity index (χ3n) is 3.80. The van der Waals surface area contributed by atoms with Crippen LogP contribution in [0.3, 0.4) is 0 Å². The van der Waals surface area contributed by atoms with Gasteiger partial charge < -0.3 is 9.84 Å². The van der Waals surface area contributed by atoms with E-state index >= 15 is 0 Å². The zero-order chi connectivity index (χ0) is 13.6. The highest BCUT2D eigenvalue weighted by Gasteiger charge is 2.56. The number of carboxylic acids is 1. The highest BCUT2D eigenvalue weighted by Crippen LogP contribution is 2.44. The number of carbonyl (C=O) groups excluding carboxylic acids is 1. The summed E-state index contributed by atoms with van der Waals surface area (Å²) in [4.78, 5) is 25.2. The van der Waals surface area contributed by atoms with Crippen LogP contribution in [0, 0.1) is 5.92 Å². The van der Waals surface area contributed by atoms with E-state index in [1.165, 1.54) is 4.90 Å². The van der Waals surface area contributed by atoms with Crippen molar-refractivity contribution in [3.05, 3.63) is 0 Å². The molecule has 1 saturated heterocycles. The van der Waals surface area contributed by atoms with Gasteiger partial charge in [-0.2, -0.15) is 0 Å². The Balaban J connectivity index is 2.21. The molecule has 1 aliphatic carbocycles. The molecule has 2 atom stereocenters. The van der Waals surface area contributed by atoms with E-state index in [0.29, 0.717) is 25.3 Å². The molecule has 0 aromatic heterocycles. The number of ether oxygens (including phenoxy) is 1. The number of carbonyl (C=O) groups is 2. The third-order valence-corrected chi connectivity index (χ3v) is 3.80. The van der Waals surface area contributed by atoms with Gasteiger partial charge in [0.15, 0.2) is 0 Å². The first-order valence-corrected chi connectivity index (χ1v) is 6.49. The minimum atomic E-state index is -1.02. The standard InChI is InChI=1S/C13H21NO4/c1-12(2,3)18-11(17)14-8-9-5-4-6-13(14,7-9)10(15)16/h9H,4-8H2,1-3H3,(H,15,16). The molecule has 102 valence electrons. The third kappa shape index (κ3) is 2.18. The molecule has 2 aliphatic rings. The first-order chi connectivity index (χ1) is 8.24. The lowest BCUT2D eigenvalue weighted by molar-refractivity contribution is -0.150. The fraction of sp³-hybridized carbons (Fsp3) is 0.846. The first-order valence-electron chi connectivity index (χ1n) is 6.49. The van der Waals surface area contributed by atoms with E-state index < -0.39 is 23.2 Å². The summed E-state index contributed by atoms with van der Waals surface area (Å²) >= 11 is 0. The van der Waals surface area contributed by atoms with Crippen LogP contribution in [0.15, 0.2) is 0 Å². The minimum absolute atomic E-state index is 0.308. The van der Waals surface area contributed by atoms with Crippen molar-refractivity contribution in [3.8, 4) is 0 Å². The van der Waals surface area contributed by atoms with E-state index in [-0.39, 0.29) is 0 Å². The van der Waals surface area contributed by atoms with Crippen molar-refractivity contribution in [2.45, 2.75) is 57.6 Å². The Hall–Kier alpha value is -1.26. The maximum absolute atomic E-state index is 12.2. The van der Waals surface area contributed by atoms with Gasteiger partial charge in [-0.15, -0.1) is 0 Å². The summed E-state index contributed by atoms with van der Waals surface area (Å²) in [7, 11) is 0. The number of fused-ring (bicyclic) bond motifs is 2. The summed E-state index contributed by atoms with van der Waals surface area (Å²) in [5.41, 5.74) is -1.61. The summed E-state index contributed by atoms with van der Waals surface area (Å²) in [6.07, 6.45) is 2.50. The molecule has 0 aromatic rings. The Morgan fingerprint density at radius 1 is 1.39 bits per heavy atom. The Labute approximate surface area is 107 Å². The summed E-state index contributed by atoms with van der Waals surface area (Å²) in [6.45, 7) is 5.89. The van der Waals surface area contributed by atoms with Gasteiger partial charge in [-0.3, -0.25) is 4.90 Å². The van der Waals surface area contributed by atoms with Crippen LogP contribution in [0.4, 0.5) is 4.79 Å². The molecule has 1 heterocycles. The molecular formula is C13H21NO4. The molecule has 5 nitrogen and oxygen atoms in total. The van der Waals surface area contributed by atoms with E-state index in [0.717, 1.165) is 12.8 Å². The Morgan fingerprint density at radius 3 is 2.61 bits per heavy atom. The largest absolute Gasteiger partial charge is 0.479 e. The molecule has 2 bridgehead atoms. The lowest BCUT2D eigenvalue weighted by Crippen LogP contribution is -2.54. The number of rotatable bonds is 1. The van der Waals surface area contributed by atoms with Crippen LogP contribution in [0.25, 0.3) is 0 Å². The minimum Gasteiger partial charge on any atom is -0.479 e. The van der Waals surface area contributed by atoms with Crippen molar-refractivity contribution in [2.24, 2.45) is 5.92 Å². The Morgan fingerprint density at radius 2 is 2.06 bits per heavy atom. The normalized spacial score (nSPS) is 31.3. The zero-order valence-electron chi connectivity index (χ0n) is 11.2. The van der Waals surface area contributed by atoms with Gasteiger partial charge in [0.05, 0.1) is 0 Å². The molecule has 0 aromatic carbocycles. The topological polar surface area (TPSA) is 66.8 Å². The molecular weight excluding hydrogens is 234 g/mol. The fourth-order valence-electron chi connectivity index (χ4n) is 3.07. The molecule has 1 aliphatic heterocycles. The van der Waals surface area contributed by atoms with Gasteiger partial charge in [0.2, 0.25) is 0 Å². The van der Waals surface area contributed by atoms with Crippen LogP contribution in [0.2, 0.25) is 0 Å². The average Bonchev–Trinajstić information content (AvgIpc) is 2.49. The Bertz CT molecular complexity index is 374. The van der Waals surface area contributed by atoms with Gasteiger partial charge in [0, 0.05) is 6.54 Å². The quantitative estimate of drug-likeness (QED) is 0.780. The summed E-state index contributed by atoms with van der Waals surface area (Å²) in [5, 5.41) is 9.48. The van der Waals surface area contributed by atoms with Gasteiger partial charge in [-0.05, 0) is 46.0 Å². The Kier molecular flexibility index (Phi) is 3.03. The number of amides is 1. The molecule has 0 spiro atoms. The van der Waals surface area contributed by atoms with E-state index in [2.05, 4.69) is 0 Å². The number of aliphatic carboxylic acids is 1. The van der Waals surface area contributed by atoms with Crippen molar-refractivity contribution in [2.75, 3.05) is 6.54 Å². The van der Waals surface area contributed by atoms with Gasteiger partial charge in [-0.25, -0.2) is 9.59 Å². The molecule has 1 N–H and O–H groups in total. The smallest absolute Gasteiger partial charge is 0.411 e. The number of likely N-dealkylation sites (tertiary alicyclic amines) is 1. The second kappa shape index (κ2) is 4.14. The summed E-state index contributed by atoms with van der Waals surface area (Å²) in [5.74, 6) is -0.585. The summed E-state index contributed by atoms with van der Waals surface area (Å²) in [6, 6.07) is 0. The highest BCUT2D eigenvalue weighted by atomic mass is 16.6. The maximum atomic E-state index is 12.2.